The highest BCUT2D eigenvalue weighted by Crippen LogP contribution is 2.45. The molecule has 0 aliphatic rings. The molecule has 0 aliphatic heterocycles. The van der Waals surface area contributed by atoms with Gasteiger partial charge in [-0.05, 0) is 89.3 Å². The van der Waals surface area contributed by atoms with Gasteiger partial charge in [-0.25, -0.2) is 0 Å². The van der Waals surface area contributed by atoms with Gasteiger partial charge in [0.05, 0.1) is 0 Å². The molecule has 2 aromatic rings. The fourth-order valence-electron chi connectivity index (χ4n) is 6.12. The zero-order valence-corrected chi connectivity index (χ0v) is 29.6. The topological polar surface area (TPSA) is 0 Å². The first-order valence-electron chi connectivity index (χ1n) is 15.4. The third kappa shape index (κ3) is 7.80. The van der Waals surface area contributed by atoms with Crippen molar-refractivity contribution in [3.05, 3.63) is 68.8 Å². The zero-order valence-electron chi connectivity index (χ0n) is 29.6. The van der Waals surface area contributed by atoms with Crippen LogP contribution in [0.4, 0.5) is 0 Å². The summed E-state index contributed by atoms with van der Waals surface area (Å²) in [5.41, 5.74) is 12.6. The Kier molecular flexibility index (Phi) is 8.94. The maximum Gasteiger partial charge on any atom is -0.0126 e. The number of hydrogen-bond donors (Lipinski definition) is 0. The number of rotatable bonds is 3. The van der Waals surface area contributed by atoms with Crippen molar-refractivity contribution in [2.45, 2.75) is 176 Å². The van der Waals surface area contributed by atoms with Crippen LogP contribution in [0, 0.1) is 0 Å². The highest BCUT2D eigenvalue weighted by atomic mass is 14.4. The minimum atomic E-state index is 0.0775. The molecule has 2 rings (SSSR count). The van der Waals surface area contributed by atoms with Gasteiger partial charge in [0, 0.05) is 0 Å². The van der Waals surface area contributed by atoms with Gasteiger partial charge in [-0.1, -0.05) is 156 Å². The molecule has 0 heterocycles. The first-order valence-corrected chi connectivity index (χ1v) is 15.4. The Balaban J connectivity index is 2.91. The normalized spacial score (nSPS) is 15.1. The van der Waals surface area contributed by atoms with E-state index >= 15 is 0 Å². The molecule has 220 valence electrons. The number of hydrogen-bond acceptors (Lipinski definition) is 0. The van der Waals surface area contributed by atoms with Crippen molar-refractivity contribution >= 4 is 0 Å². The van der Waals surface area contributed by atoms with Gasteiger partial charge >= 0.3 is 0 Å². The van der Waals surface area contributed by atoms with Gasteiger partial charge in [-0.3, -0.25) is 0 Å². The summed E-state index contributed by atoms with van der Waals surface area (Å²) in [6.07, 6.45) is 1.05. The van der Waals surface area contributed by atoms with Crippen molar-refractivity contribution in [2.24, 2.45) is 0 Å². The molecular weight excluding hydrogens is 468 g/mol. The predicted octanol–water partition coefficient (Wildman–Crippen LogP) is 11.8. The third-order valence-electron chi connectivity index (χ3n) is 8.26. The molecule has 0 aliphatic carbocycles. The maximum absolute atomic E-state index is 2.56. The van der Waals surface area contributed by atoms with Crippen molar-refractivity contribution in [2.75, 3.05) is 0 Å². The lowest BCUT2D eigenvalue weighted by molar-refractivity contribution is 0.495. The van der Waals surface area contributed by atoms with Gasteiger partial charge in [-0.2, -0.15) is 0 Å². The van der Waals surface area contributed by atoms with E-state index in [2.05, 4.69) is 156 Å². The van der Waals surface area contributed by atoms with Gasteiger partial charge in [-0.15, -0.1) is 0 Å². The highest BCUT2D eigenvalue weighted by molar-refractivity contribution is 5.52. The Morgan fingerprint density at radius 3 is 1.03 bits per heavy atom. The molecule has 0 N–H and O–H groups in total. The van der Waals surface area contributed by atoms with Gasteiger partial charge < -0.3 is 0 Å². The average Bonchev–Trinajstić information content (AvgIpc) is 2.68. The highest BCUT2D eigenvalue weighted by Gasteiger charge is 2.34. The van der Waals surface area contributed by atoms with Crippen LogP contribution in [0.25, 0.3) is 0 Å². The Morgan fingerprint density at radius 2 is 0.769 bits per heavy atom. The molecule has 1 unspecified atom stereocenters. The summed E-state index contributed by atoms with van der Waals surface area (Å²) in [7, 11) is 0. The molecular formula is C39H64. The summed E-state index contributed by atoms with van der Waals surface area (Å²) in [6.45, 7) is 45.4. The van der Waals surface area contributed by atoms with Crippen molar-refractivity contribution < 1.29 is 0 Å². The van der Waals surface area contributed by atoms with E-state index in [9.17, 15) is 0 Å². The second-order valence-corrected chi connectivity index (χ2v) is 18.7. The van der Waals surface area contributed by atoms with Crippen LogP contribution in [0.15, 0.2) is 24.3 Å². The summed E-state index contributed by atoms with van der Waals surface area (Å²) in [4.78, 5) is 0. The average molecular weight is 533 g/mol. The molecule has 0 saturated heterocycles. The smallest absolute Gasteiger partial charge is 0.0126 e. The Morgan fingerprint density at radius 1 is 0.436 bits per heavy atom. The van der Waals surface area contributed by atoms with E-state index in [1.54, 1.807) is 11.1 Å². The first kappa shape index (κ1) is 33.6. The number of benzene rings is 2. The van der Waals surface area contributed by atoms with E-state index in [-0.39, 0.29) is 32.5 Å². The standard InChI is InChI=1S/C39H64/c1-25(32-28(35(5,6)7)23-27(34(2,3)4)24-29(32)36(8,9)10)20-26-21-30(37(11,12)13)33(39(17,18)19)31(22-26)38(14,15)16/h21-25H,20H2,1-19H3. The molecule has 0 nitrogen and oxygen atoms in total. The van der Waals surface area contributed by atoms with E-state index in [4.69, 9.17) is 0 Å². The molecule has 0 spiro atoms. The minimum Gasteiger partial charge on any atom is -0.0581 e. The largest absolute Gasteiger partial charge is 0.0581 e. The van der Waals surface area contributed by atoms with Crippen LogP contribution in [0.2, 0.25) is 0 Å². The Hall–Kier alpha value is -1.56. The quantitative estimate of drug-likeness (QED) is 0.369. The fraction of sp³-hybridized carbons (Fsp3) is 0.692. The van der Waals surface area contributed by atoms with Crippen molar-refractivity contribution in [1.82, 2.24) is 0 Å². The second-order valence-electron chi connectivity index (χ2n) is 18.7. The van der Waals surface area contributed by atoms with Crippen LogP contribution in [0.1, 0.15) is 182 Å². The molecule has 0 bridgehead atoms. The monoisotopic (exact) mass is 533 g/mol. The molecule has 0 saturated carbocycles. The van der Waals surface area contributed by atoms with E-state index < -0.39 is 0 Å². The maximum atomic E-state index is 2.56. The van der Waals surface area contributed by atoms with Crippen LogP contribution in [0.3, 0.4) is 0 Å². The lowest BCUT2D eigenvalue weighted by Crippen LogP contribution is -2.29. The molecule has 0 heteroatoms. The van der Waals surface area contributed by atoms with Crippen LogP contribution in [-0.2, 0) is 38.9 Å². The third-order valence-corrected chi connectivity index (χ3v) is 8.26. The van der Waals surface area contributed by atoms with E-state index in [1.807, 2.05) is 0 Å². The van der Waals surface area contributed by atoms with Crippen LogP contribution < -0.4 is 0 Å². The summed E-state index contributed by atoms with van der Waals surface area (Å²) in [5.74, 6) is 0.420. The van der Waals surface area contributed by atoms with Gasteiger partial charge in [0.2, 0.25) is 0 Å². The summed E-state index contributed by atoms with van der Waals surface area (Å²) >= 11 is 0. The Labute approximate surface area is 244 Å². The predicted molar refractivity (Wildman–Crippen MR) is 177 cm³/mol. The van der Waals surface area contributed by atoms with E-state index in [1.165, 1.54) is 33.4 Å². The van der Waals surface area contributed by atoms with Crippen LogP contribution in [-0.4, -0.2) is 0 Å². The van der Waals surface area contributed by atoms with Crippen molar-refractivity contribution in [1.29, 1.82) is 0 Å². The summed E-state index contributed by atoms with van der Waals surface area (Å²) < 4.78 is 0. The minimum absolute atomic E-state index is 0.0775. The SMILES string of the molecule is CC(Cc1cc(C(C)(C)C)c(C(C)(C)C)c(C(C)(C)C)c1)c1c(C(C)(C)C)cc(C(C)(C)C)cc1C(C)(C)C. The van der Waals surface area contributed by atoms with Gasteiger partial charge in [0.25, 0.3) is 0 Å². The molecule has 0 fully saturated rings. The first-order chi connectivity index (χ1) is 17.1. The van der Waals surface area contributed by atoms with E-state index in [0.717, 1.165) is 6.42 Å². The zero-order chi connectivity index (χ0) is 30.7. The Bertz CT molecular complexity index is 1090. The second kappa shape index (κ2) is 10.4. The summed E-state index contributed by atoms with van der Waals surface area (Å²) in [5, 5.41) is 0. The van der Waals surface area contributed by atoms with Crippen LogP contribution >= 0.6 is 0 Å². The van der Waals surface area contributed by atoms with Crippen LogP contribution in [0.5, 0.6) is 0 Å². The lowest BCUT2D eigenvalue weighted by atomic mass is 9.67. The molecule has 1 atom stereocenters. The molecule has 0 radical (unpaired) electrons. The molecule has 0 aromatic heterocycles. The van der Waals surface area contributed by atoms with Gasteiger partial charge in [0.15, 0.2) is 0 Å². The van der Waals surface area contributed by atoms with Crippen molar-refractivity contribution in [3.8, 4) is 0 Å². The molecule has 39 heavy (non-hydrogen) atoms. The van der Waals surface area contributed by atoms with Gasteiger partial charge in [0.1, 0.15) is 0 Å². The lowest BCUT2D eigenvalue weighted by Gasteiger charge is -2.38. The van der Waals surface area contributed by atoms with Crippen molar-refractivity contribution in [3.63, 3.8) is 0 Å². The van der Waals surface area contributed by atoms with E-state index in [0.29, 0.717) is 5.92 Å². The molecule has 2 aromatic carbocycles. The fourth-order valence-corrected chi connectivity index (χ4v) is 6.12. The summed E-state index contributed by atoms with van der Waals surface area (Å²) in [6, 6.07) is 10.2. The molecule has 0 amide bonds.